The van der Waals surface area contributed by atoms with Crippen molar-refractivity contribution in [1.29, 1.82) is 0 Å². The monoisotopic (exact) mass is 340 g/mol. The van der Waals surface area contributed by atoms with Crippen molar-refractivity contribution in [1.82, 2.24) is 16.0 Å². The van der Waals surface area contributed by atoms with Crippen molar-refractivity contribution in [2.75, 3.05) is 26.2 Å². The van der Waals surface area contributed by atoms with Gasteiger partial charge in [0.25, 0.3) is 0 Å². The maximum atomic E-state index is 11.5. The number of aliphatic hydroxyl groups is 1. The molecule has 4 N–H and O–H groups in total. The molecule has 0 bridgehead atoms. The third-order valence-electron chi connectivity index (χ3n) is 2.72. The Balaban J connectivity index is 2.35. The summed E-state index contributed by atoms with van der Waals surface area (Å²) in [6, 6.07) is 3.42. The van der Waals surface area contributed by atoms with Crippen LogP contribution < -0.4 is 16.0 Å². The van der Waals surface area contributed by atoms with Gasteiger partial charge in [0.1, 0.15) is 17.5 Å². The molecule has 8 nitrogen and oxygen atoms in total. The summed E-state index contributed by atoms with van der Waals surface area (Å²) in [5.41, 5.74) is -0.518. The molecule has 8 heteroatoms. The number of hydrogen-bond donors (Lipinski definition) is 4. The number of aliphatic hydroxyl groups excluding tert-OH is 1. The number of nitrogens with one attached hydrogen (secondary N) is 3. The molecule has 24 heavy (non-hydrogen) atoms. The fraction of sp³-hybridized carbons (Fsp3) is 0.625. The first-order valence-corrected chi connectivity index (χ1v) is 8.02. The van der Waals surface area contributed by atoms with Crippen molar-refractivity contribution >= 4 is 12.1 Å². The van der Waals surface area contributed by atoms with Crippen LogP contribution >= 0.6 is 0 Å². The maximum Gasteiger partial charge on any atom is 0.407 e. The van der Waals surface area contributed by atoms with E-state index in [4.69, 9.17) is 9.15 Å². The number of alkyl carbamates (subject to hydrolysis) is 1. The molecule has 0 fully saturated rings. The number of hydrogen-bond acceptors (Lipinski definition) is 5. The molecule has 1 unspecified atom stereocenters. The van der Waals surface area contributed by atoms with Gasteiger partial charge in [-0.25, -0.2) is 4.79 Å². The van der Waals surface area contributed by atoms with Crippen LogP contribution in [0.5, 0.6) is 0 Å². The molecule has 1 aromatic rings. The van der Waals surface area contributed by atoms with Gasteiger partial charge in [0.05, 0.1) is 12.8 Å². The number of amides is 1. The number of rotatable bonds is 7. The molecule has 0 aliphatic carbocycles. The molecule has 1 aromatic heterocycles. The van der Waals surface area contributed by atoms with Gasteiger partial charge in [-0.3, -0.25) is 4.99 Å². The molecule has 0 spiro atoms. The summed E-state index contributed by atoms with van der Waals surface area (Å²) in [6.45, 7) is 9.09. The maximum absolute atomic E-state index is 11.5. The molecular weight excluding hydrogens is 312 g/mol. The number of furan rings is 1. The van der Waals surface area contributed by atoms with Crippen LogP contribution in [0, 0.1) is 0 Å². The van der Waals surface area contributed by atoms with Gasteiger partial charge >= 0.3 is 6.09 Å². The first-order chi connectivity index (χ1) is 11.3. The summed E-state index contributed by atoms with van der Waals surface area (Å²) >= 11 is 0. The zero-order valence-corrected chi connectivity index (χ0v) is 14.8. The summed E-state index contributed by atoms with van der Waals surface area (Å²) in [5.74, 6) is 1.02. The SMILES string of the molecule is CCNC(=NCC(O)c1ccco1)NCCNC(=O)OC(C)(C)C. The molecule has 1 atom stereocenters. The van der Waals surface area contributed by atoms with E-state index in [1.165, 1.54) is 6.26 Å². The van der Waals surface area contributed by atoms with Crippen LogP contribution in [0.4, 0.5) is 4.79 Å². The predicted molar refractivity (Wildman–Crippen MR) is 91.9 cm³/mol. The van der Waals surface area contributed by atoms with Crippen molar-refractivity contribution in [2.24, 2.45) is 4.99 Å². The van der Waals surface area contributed by atoms with Gasteiger partial charge in [-0.05, 0) is 39.8 Å². The van der Waals surface area contributed by atoms with Crippen molar-refractivity contribution in [3.8, 4) is 0 Å². The molecule has 0 aliphatic rings. The van der Waals surface area contributed by atoms with Gasteiger partial charge in [-0.15, -0.1) is 0 Å². The van der Waals surface area contributed by atoms with Gasteiger partial charge in [-0.1, -0.05) is 0 Å². The Morgan fingerprint density at radius 3 is 2.62 bits per heavy atom. The Morgan fingerprint density at radius 1 is 1.33 bits per heavy atom. The van der Waals surface area contributed by atoms with E-state index in [0.717, 1.165) is 0 Å². The largest absolute Gasteiger partial charge is 0.467 e. The average Bonchev–Trinajstić information content (AvgIpc) is 3.01. The van der Waals surface area contributed by atoms with Crippen molar-refractivity contribution in [3.63, 3.8) is 0 Å². The third-order valence-corrected chi connectivity index (χ3v) is 2.72. The lowest BCUT2D eigenvalue weighted by atomic mass is 10.2. The Kier molecular flexibility index (Phi) is 8.11. The number of nitrogens with zero attached hydrogens (tertiary/aromatic N) is 1. The second-order valence-electron chi connectivity index (χ2n) is 6.11. The van der Waals surface area contributed by atoms with Gasteiger partial charge in [0.2, 0.25) is 0 Å². The van der Waals surface area contributed by atoms with E-state index in [0.29, 0.717) is 31.4 Å². The molecule has 1 heterocycles. The van der Waals surface area contributed by atoms with E-state index < -0.39 is 17.8 Å². The number of ether oxygens (including phenoxy) is 1. The van der Waals surface area contributed by atoms with Crippen LogP contribution in [0.15, 0.2) is 27.8 Å². The second kappa shape index (κ2) is 9.82. The minimum Gasteiger partial charge on any atom is -0.467 e. The van der Waals surface area contributed by atoms with Crippen molar-refractivity contribution in [3.05, 3.63) is 24.2 Å². The molecule has 0 radical (unpaired) electrons. The average molecular weight is 340 g/mol. The van der Waals surface area contributed by atoms with Crippen LogP contribution in [-0.4, -0.2) is 48.9 Å². The van der Waals surface area contributed by atoms with E-state index in [9.17, 15) is 9.90 Å². The van der Waals surface area contributed by atoms with Crippen molar-refractivity contribution < 1.29 is 19.1 Å². The van der Waals surface area contributed by atoms with Crippen LogP contribution in [0.2, 0.25) is 0 Å². The second-order valence-corrected chi connectivity index (χ2v) is 6.11. The van der Waals surface area contributed by atoms with Crippen LogP contribution in [0.1, 0.15) is 39.6 Å². The molecule has 1 rings (SSSR count). The summed E-state index contributed by atoms with van der Waals surface area (Å²) in [4.78, 5) is 15.8. The van der Waals surface area contributed by atoms with Crippen molar-refractivity contribution in [2.45, 2.75) is 39.4 Å². The van der Waals surface area contributed by atoms with E-state index in [-0.39, 0.29) is 6.54 Å². The number of aliphatic imine (C=N–C) groups is 1. The number of guanidine groups is 1. The quantitative estimate of drug-likeness (QED) is 0.339. The molecular formula is C16H28N4O4. The fourth-order valence-corrected chi connectivity index (χ4v) is 1.75. The molecule has 0 saturated carbocycles. The highest BCUT2D eigenvalue weighted by atomic mass is 16.6. The number of carbonyl (C=O) groups excluding carboxylic acids is 1. The van der Waals surface area contributed by atoms with Gasteiger partial charge in [0, 0.05) is 19.6 Å². The standard InChI is InChI=1S/C16H28N4O4/c1-5-17-14(20-11-12(21)13-7-6-10-23-13)18-8-9-19-15(22)24-16(2,3)4/h6-7,10,12,21H,5,8-9,11H2,1-4H3,(H,19,22)(H2,17,18,20). The molecule has 0 saturated heterocycles. The smallest absolute Gasteiger partial charge is 0.407 e. The van der Waals surface area contributed by atoms with E-state index in [1.807, 2.05) is 27.7 Å². The first kappa shape index (κ1) is 19.8. The van der Waals surface area contributed by atoms with Gasteiger partial charge in [0.15, 0.2) is 5.96 Å². The minimum atomic E-state index is -0.796. The van der Waals surface area contributed by atoms with Gasteiger partial charge < -0.3 is 30.2 Å². The molecule has 0 aliphatic heterocycles. The normalized spacial score (nSPS) is 13.3. The Morgan fingerprint density at radius 2 is 2.04 bits per heavy atom. The lowest BCUT2D eigenvalue weighted by Crippen LogP contribution is -2.42. The van der Waals surface area contributed by atoms with E-state index in [2.05, 4.69) is 20.9 Å². The van der Waals surface area contributed by atoms with Gasteiger partial charge in [-0.2, -0.15) is 0 Å². The summed E-state index contributed by atoms with van der Waals surface area (Å²) in [5, 5.41) is 18.7. The Bertz CT molecular complexity index is 509. The zero-order valence-electron chi connectivity index (χ0n) is 14.8. The van der Waals surface area contributed by atoms with Crippen LogP contribution in [-0.2, 0) is 4.74 Å². The van der Waals surface area contributed by atoms with E-state index in [1.54, 1.807) is 12.1 Å². The summed E-state index contributed by atoms with van der Waals surface area (Å²) < 4.78 is 10.3. The highest BCUT2D eigenvalue weighted by Crippen LogP contribution is 2.12. The number of carbonyl (C=O) groups is 1. The predicted octanol–water partition coefficient (Wildman–Crippen LogP) is 1.39. The van der Waals surface area contributed by atoms with E-state index >= 15 is 0 Å². The lowest BCUT2D eigenvalue weighted by molar-refractivity contribution is 0.0529. The Hall–Kier alpha value is -2.22. The van der Waals surface area contributed by atoms with Crippen LogP contribution in [0.25, 0.3) is 0 Å². The third kappa shape index (κ3) is 8.42. The highest BCUT2D eigenvalue weighted by Gasteiger charge is 2.15. The first-order valence-electron chi connectivity index (χ1n) is 8.02. The highest BCUT2D eigenvalue weighted by molar-refractivity contribution is 5.79. The van der Waals surface area contributed by atoms with Crippen LogP contribution in [0.3, 0.4) is 0 Å². The zero-order chi connectivity index (χ0) is 18.0. The Labute approximate surface area is 142 Å². The topological polar surface area (TPSA) is 108 Å². The molecule has 136 valence electrons. The fourth-order valence-electron chi connectivity index (χ4n) is 1.75. The summed E-state index contributed by atoms with van der Waals surface area (Å²) in [7, 11) is 0. The molecule has 1 amide bonds. The minimum absolute atomic E-state index is 0.169. The molecule has 0 aromatic carbocycles. The summed E-state index contributed by atoms with van der Waals surface area (Å²) in [6.07, 6.45) is 0.253. The lowest BCUT2D eigenvalue weighted by Gasteiger charge is -2.20.